The SMILES string of the molecule is CC(CCBr)CCS(=O)(=O)c1cccs1. The highest BCUT2D eigenvalue weighted by Crippen LogP contribution is 2.20. The Labute approximate surface area is 104 Å². The van der Waals surface area contributed by atoms with Gasteiger partial charge in [-0.1, -0.05) is 28.9 Å². The average Bonchev–Trinajstić information content (AvgIpc) is 2.69. The summed E-state index contributed by atoms with van der Waals surface area (Å²) in [5.41, 5.74) is 0. The quantitative estimate of drug-likeness (QED) is 0.755. The van der Waals surface area contributed by atoms with Gasteiger partial charge in [0.2, 0.25) is 0 Å². The van der Waals surface area contributed by atoms with Crippen LogP contribution in [0.2, 0.25) is 0 Å². The molecule has 1 unspecified atom stereocenters. The molecule has 1 rings (SSSR count). The molecule has 1 aromatic heterocycles. The number of hydrogen-bond donors (Lipinski definition) is 0. The molecule has 15 heavy (non-hydrogen) atoms. The fourth-order valence-corrected chi connectivity index (χ4v) is 4.66. The second kappa shape index (κ2) is 6.01. The smallest absolute Gasteiger partial charge is 0.187 e. The van der Waals surface area contributed by atoms with E-state index in [4.69, 9.17) is 0 Å². The minimum atomic E-state index is -3.03. The Morgan fingerprint density at radius 1 is 1.47 bits per heavy atom. The van der Waals surface area contributed by atoms with Crippen molar-refractivity contribution in [2.24, 2.45) is 5.92 Å². The second-order valence-electron chi connectivity index (χ2n) is 3.62. The van der Waals surface area contributed by atoms with Crippen LogP contribution in [0, 0.1) is 5.92 Å². The van der Waals surface area contributed by atoms with E-state index in [1.165, 1.54) is 11.3 Å². The van der Waals surface area contributed by atoms with Crippen LogP contribution in [-0.4, -0.2) is 19.5 Å². The van der Waals surface area contributed by atoms with Crippen molar-refractivity contribution in [3.63, 3.8) is 0 Å². The topological polar surface area (TPSA) is 34.1 Å². The molecule has 0 radical (unpaired) electrons. The highest BCUT2D eigenvalue weighted by molar-refractivity contribution is 9.09. The predicted octanol–water partition coefficient (Wildman–Crippen LogP) is 3.33. The lowest BCUT2D eigenvalue weighted by atomic mass is 10.1. The van der Waals surface area contributed by atoms with E-state index >= 15 is 0 Å². The van der Waals surface area contributed by atoms with Crippen molar-refractivity contribution in [1.29, 1.82) is 0 Å². The number of sulfone groups is 1. The van der Waals surface area contributed by atoms with Gasteiger partial charge in [0.25, 0.3) is 0 Å². The molecule has 1 atom stereocenters. The van der Waals surface area contributed by atoms with Crippen molar-refractivity contribution in [3.8, 4) is 0 Å². The number of halogens is 1. The van der Waals surface area contributed by atoms with Crippen LogP contribution in [0.25, 0.3) is 0 Å². The number of thiophene rings is 1. The fraction of sp³-hybridized carbons (Fsp3) is 0.600. The van der Waals surface area contributed by atoms with Crippen LogP contribution in [0.1, 0.15) is 19.8 Å². The minimum absolute atomic E-state index is 0.266. The molecule has 0 saturated heterocycles. The first-order chi connectivity index (χ1) is 7.06. The zero-order valence-electron chi connectivity index (χ0n) is 8.65. The van der Waals surface area contributed by atoms with Gasteiger partial charge >= 0.3 is 0 Å². The van der Waals surface area contributed by atoms with E-state index in [-0.39, 0.29) is 5.75 Å². The van der Waals surface area contributed by atoms with Gasteiger partial charge < -0.3 is 0 Å². The van der Waals surface area contributed by atoms with Gasteiger partial charge in [-0.15, -0.1) is 11.3 Å². The summed E-state index contributed by atoms with van der Waals surface area (Å²) < 4.78 is 24.1. The maximum absolute atomic E-state index is 11.8. The van der Waals surface area contributed by atoms with Crippen LogP contribution in [0.5, 0.6) is 0 Å². The number of alkyl halides is 1. The molecule has 0 bridgehead atoms. The second-order valence-corrected chi connectivity index (χ2v) is 7.70. The monoisotopic (exact) mass is 310 g/mol. The van der Waals surface area contributed by atoms with Crippen molar-refractivity contribution >= 4 is 37.1 Å². The molecular formula is C10H15BrO2S2. The molecule has 5 heteroatoms. The maximum Gasteiger partial charge on any atom is 0.187 e. The van der Waals surface area contributed by atoms with Gasteiger partial charge in [-0.2, -0.15) is 0 Å². The van der Waals surface area contributed by atoms with Crippen LogP contribution >= 0.6 is 27.3 Å². The minimum Gasteiger partial charge on any atom is -0.223 e. The molecule has 0 amide bonds. The standard InChI is InChI=1S/C10H15BrO2S2/c1-9(4-6-11)5-8-15(12,13)10-3-2-7-14-10/h2-3,7,9H,4-6,8H2,1H3. The molecule has 86 valence electrons. The van der Waals surface area contributed by atoms with Crippen LogP contribution in [-0.2, 0) is 9.84 Å². The van der Waals surface area contributed by atoms with E-state index < -0.39 is 9.84 Å². The normalized spacial score (nSPS) is 14.0. The molecule has 0 aliphatic heterocycles. The molecule has 1 heterocycles. The Kier molecular flexibility index (Phi) is 5.29. The van der Waals surface area contributed by atoms with Gasteiger partial charge in [0.05, 0.1) is 5.75 Å². The van der Waals surface area contributed by atoms with Gasteiger partial charge in [-0.05, 0) is 30.2 Å². The molecule has 0 spiro atoms. The highest BCUT2D eigenvalue weighted by atomic mass is 79.9. The first kappa shape index (κ1) is 13.2. The first-order valence-electron chi connectivity index (χ1n) is 4.88. The Bertz CT molecular complexity index is 370. The highest BCUT2D eigenvalue weighted by Gasteiger charge is 2.16. The Balaban J connectivity index is 2.52. The van der Waals surface area contributed by atoms with Gasteiger partial charge in [0.15, 0.2) is 9.84 Å². The van der Waals surface area contributed by atoms with Crippen LogP contribution < -0.4 is 0 Å². The number of hydrogen-bond acceptors (Lipinski definition) is 3. The van der Waals surface area contributed by atoms with Crippen molar-refractivity contribution in [3.05, 3.63) is 17.5 Å². The summed E-state index contributed by atoms with van der Waals surface area (Å²) in [6.45, 7) is 2.09. The molecule has 0 aliphatic rings. The van der Waals surface area contributed by atoms with E-state index in [2.05, 4.69) is 22.9 Å². The molecule has 0 N–H and O–H groups in total. The Morgan fingerprint density at radius 3 is 2.73 bits per heavy atom. The lowest BCUT2D eigenvalue weighted by Gasteiger charge is -2.08. The Hall–Kier alpha value is 0.130. The van der Waals surface area contributed by atoms with Crippen LogP contribution in [0.15, 0.2) is 21.7 Å². The summed E-state index contributed by atoms with van der Waals surface area (Å²) in [7, 11) is -3.03. The lowest BCUT2D eigenvalue weighted by molar-refractivity contribution is 0.537. The summed E-state index contributed by atoms with van der Waals surface area (Å²) >= 11 is 4.66. The van der Waals surface area contributed by atoms with Crippen molar-refractivity contribution in [2.75, 3.05) is 11.1 Å². The average molecular weight is 311 g/mol. The zero-order chi connectivity index (χ0) is 11.3. The molecule has 0 aromatic carbocycles. The van der Waals surface area contributed by atoms with Gasteiger partial charge in [-0.25, -0.2) is 8.42 Å². The predicted molar refractivity (Wildman–Crippen MR) is 68.6 cm³/mol. The lowest BCUT2D eigenvalue weighted by Crippen LogP contribution is -2.09. The van der Waals surface area contributed by atoms with E-state index in [1.807, 2.05) is 0 Å². The number of rotatable bonds is 6. The van der Waals surface area contributed by atoms with Crippen molar-refractivity contribution in [2.45, 2.75) is 24.0 Å². The zero-order valence-corrected chi connectivity index (χ0v) is 11.9. The van der Waals surface area contributed by atoms with Crippen molar-refractivity contribution < 1.29 is 8.42 Å². The maximum atomic E-state index is 11.8. The third-order valence-electron chi connectivity index (χ3n) is 2.28. The molecular weight excluding hydrogens is 296 g/mol. The van der Waals surface area contributed by atoms with E-state index in [1.54, 1.807) is 17.5 Å². The summed E-state index contributed by atoms with van der Waals surface area (Å²) in [4.78, 5) is 0. The molecule has 0 aliphatic carbocycles. The van der Waals surface area contributed by atoms with E-state index in [9.17, 15) is 8.42 Å². The molecule has 2 nitrogen and oxygen atoms in total. The molecule has 0 saturated carbocycles. The summed E-state index contributed by atoms with van der Waals surface area (Å²) in [5.74, 6) is 0.723. The largest absolute Gasteiger partial charge is 0.223 e. The van der Waals surface area contributed by atoms with E-state index in [0.717, 1.165) is 18.2 Å². The van der Waals surface area contributed by atoms with E-state index in [0.29, 0.717) is 10.1 Å². The van der Waals surface area contributed by atoms with Crippen LogP contribution in [0.4, 0.5) is 0 Å². The fourth-order valence-electron chi connectivity index (χ4n) is 1.23. The molecule has 1 aromatic rings. The van der Waals surface area contributed by atoms with Crippen molar-refractivity contribution in [1.82, 2.24) is 0 Å². The molecule has 0 fully saturated rings. The van der Waals surface area contributed by atoms with Gasteiger partial charge in [0, 0.05) is 5.33 Å². The summed E-state index contributed by atoms with van der Waals surface area (Å²) in [6, 6.07) is 3.45. The summed E-state index contributed by atoms with van der Waals surface area (Å²) in [5, 5.41) is 2.74. The first-order valence-corrected chi connectivity index (χ1v) is 8.54. The van der Waals surface area contributed by atoms with Crippen LogP contribution in [0.3, 0.4) is 0 Å². The third kappa shape index (κ3) is 4.25. The van der Waals surface area contributed by atoms with Gasteiger partial charge in [0.1, 0.15) is 4.21 Å². The Morgan fingerprint density at radius 2 is 2.20 bits per heavy atom. The summed E-state index contributed by atoms with van der Waals surface area (Å²) in [6.07, 6.45) is 1.77. The third-order valence-corrected chi connectivity index (χ3v) is 5.98. The van der Waals surface area contributed by atoms with Gasteiger partial charge in [-0.3, -0.25) is 0 Å².